The zero-order valence-electron chi connectivity index (χ0n) is 9.45. The first-order chi connectivity index (χ1) is 8.61. The van der Waals surface area contributed by atoms with Crippen molar-refractivity contribution in [1.82, 2.24) is 0 Å². The number of carbonyl (C=O) groups is 2. The maximum Gasteiger partial charge on any atom is 0.335 e. The summed E-state index contributed by atoms with van der Waals surface area (Å²) in [6.07, 6.45) is 0. The van der Waals surface area contributed by atoms with Crippen LogP contribution in [0.15, 0.2) is 60.7 Å². The van der Waals surface area contributed by atoms with Crippen LogP contribution in [0, 0.1) is 0 Å². The molecule has 2 aromatic rings. The summed E-state index contributed by atoms with van der Waals surface area (Å²) in [6, 6.07) is 16.4. The first-order valence-electron chi connectivity index (χ1n) is 5.16. The molecular weight excluding hydrogens is 232 g/mol. The number of benzene rings is 2. The van der Waals surface area contributed by atoms with Crippen molar-refractivity contribution >= 4 is 11.9 Å². The largest absolute Gasteiger partial charge is 0.545 e. The third-order valence-corrected chi connectivity index (χ3v) is 2.03. The van der Waals surface area contributed by atoms with Crippen LogP contribution in [0.5, 0.6) is 0 Å². The van der Waals surface area contributed by atoms with Crippen LogP contribution < -0.4 is 5.11 Å². The average molecular weight is 243 g/mol. The van der Waals surface area contributed by atoms with Gasteiger partial charge in [0, 0.05) is 0 Å². The van der Waals surface area contributed by atoms with Gasteiger partial charge >= 0.3 is 5.97 Å². The van der Waals surface area contributed by atoms with E-state index in [1.165, 1.54) is 12.1 Å². The van der Waals surface area contributed by atoms with Crippen LogP contribution in [0.1, 0.15) is 20.7 Å². The molecule has 0 aliphatic rings. The highest BCUT2D eigenvalue weighted by molar-refractivity contribution is 5.87. The summed E-state index contributed by atoms with van der Waals surface area (Å²) in [5, 5.41) is 18.5. The molecule has 2 aromatic carbocycles. The number of rotatable bonds is 2. The van der Waals surface area contributed by atoms with Gasteiger partial charge < -0.3 is 15.0 Å². The van der Waals surface area contributed by atoms with E-state index in [1.807, 2.05) is 0 Å². The van der Waals surface area contributed by atoms with E-state index in [4.69, 9.17) is 5.11 Å². The van der Waals surface area contributed by atoms with E-state index in [-0.39, 0.29) is 5.56 Å². The third kappa shape index (κ3) is 4.49. The summed E-state index contributed by atoms with van der Waals surface area (Å²) in [7, 11) is 0. The van der Waals surface area contributed by atoms with Gasteiger partial charge in [0.1, 0.15) is 0 Å². The van der Waals surface area contributed by atoms with Gasteiger partial charge in [0.2, 0.25) is 0 Å². The molecule has 0 radical (unpaired) electrons. The van der Waals surface area contributed by atoms with E-state index in [0.29, 0.717) is 5.56 Å². The Morgan fingerprint density at radius 2 is 1.17 bits per heavy atom. The van der Waals surface area contributed by atoms with E-state index >= 15 is 0 Å². The molecule has 0 heterocycles. The van der Waals surface area contributed by atoms with E-state index in [0.717, 1.165) is 0 Å². The van der Waals surface area contributed by atoms with Crippen molar-refractivity contribution in [3.05, 3.63) is 71.8 Å². The molecule has 0 atom stereocenters. The Kier molecular flexibility index (Phi) is 5.12. The van der Waals surface area contributed by atoms with Crippen molar-refractivity contribution in [2.24, 2.45) is 0 Å². The van der Waals surface area contributed by atoms with Crippen molar-refractivity contribution in [3.63, 3.8) is 0 Å². The Labute approximate surface area is 104 Å². The molecule has 0 amide bonds. The SMILES string of the molecule is O=C(O)c1ccccc1.O=C([O-])c1ccccc1. The Morgan fingerprint density at radius 3 is 1.39 bits per heavy atom. The van der Waals surface area contributed by atoms with Gasteiger partial charge in [-0.05, 0) is 17.7 Å². The maximum absolute atomic E-state index is 10.2. The Bertz CT molecular complexity index is 456. The molecule has 18 heavy (non-hydrogen) atoms. The third-order valence-electron chi connectivity index (χ3n) is 2.03. The topological polar surface area (TPSA) is 77.4 Å². The lowest BCUT2D eigenvalue weighted by atomic mass is 10.2. The lowest BCUT2D eigenvalue weighted by molar-refractivity contribution is -0.255. The molecule has 0 saturated carbocycles. The summed E-state index contributed by atoms with van der Waals surface area (Å²) < 4.78 is 0. The lowest BCUT2D eigenvalue weighted by Gasteiger charge is -1.97. The van der Waals surface area contributed by atoms with Crippen LogP contribution in [-0.2, 0) is 0 Å². The summed E-state index contributed by atoms with van der Waals surface area (Å²) in [4.78, 5) is 20.3. The highest BCUT2D eigenvalue weighted by Gasteiger charge is 1.96. The Balaban J connectivity index is 0.000000180. The zero-order chi connectivity index (χ0) is 13.4. The molecular formula is C14H11O4-. The molecule has 0 aromatic heterocycles. The van der Waals surface area contributed by atoms with Crippen LogP contribution in [0.25, 0.3) is 0 Å². The van der Waals surface area contributed by atoms with Gasteiger partial charge in [-0.2, -0.15) is 0 Å². The minimum atomic E-state index is -1.13. The molecule has 1 N–H and O–H groups in total. The highest BCUT2D eigenvalue weighted by Crippen LogP contribution is 1.96. The summed E-state index contributed by atoms with van der Waals surface area (Å²) >= 11 is 0. The highest BCUT2D eigenvalue weighted by atomic mass is 16.4. The van der Waals surface area contributed by atoms with Crippen molar-refractivity contribution in [2.45, 2.75) is 0 Å². The average Bonchev–Trinajstić information content (AvgIpc) is 2.41. The molecule has 0 aliphatic heterocycles. The number of hydrogen-bond donors (Lipinski definition) is 1. The molecule has 0 bridgehead atoms. The predicted octanol–water partition coefficient (Wildman–Crippen LogP) is 1.43. The Morgan fingerprint density at radius 1 is 0.778 bits per heavy atom. The van der Waals surface area contributed by atoms with Gasteiger partial charge in [0.15, 0.2) is 0 Å². The van der Waals surface area contributed by atoms with Crippen LogP contribution in [0.3, 0.4) is 0 Å². The van der Waals surface area contributed by atoms with E-state index in [2.05, 4.69) is 0 Å². The fraction of sp³-hybridized carbons (Fsp3) is 0. The summed E-state index contributed by atoms with van der Waals surface area (Å²) in [5.41, 5.74) is 0.551. The normalized spacial score (nSPS) is 8.89. The first-order valence-corrected chi connectivity index (χ1v) is 5.16. The fourth-order valence-electron chi connectivity index (χ4n) is 1.15. The molecule has 4 heteroatoms. The summed E-state index contributed by atoms with van der Waals surface area (Å²) in [5.74, 6) is -2.01. The van der Waals surface area contributed by atoms with E-state index in [1.54, 1.807) is 48.5 Å². The molecule has 0 aliphatic carbocycles. The second-order valence-electron chi connectivity index (χ2n) is 3.32. The minimum absolute atomic E-state index is 0.220. The summed E-state index contributed by atoms with van der Waals surface area (Å²) in [6.45, 7) is 0. The quantitative estimate of drug-likeness (QED) is 0.865. The fourth-order valence-corrected chi connectivity index (χ4v) is 1.15. The van der Waals surface area contributed by atoms with E-state index < -0.39 is 11.9 Å². The smallest absolute Gasteiger partial charge is 0.335 e. The van der Waals surface area contributed by atoms with Crippen LogP contribution in [0.2, 0.25) is 0 Å². The molecule has 92 valence electrons. The van der Waals surface area contributed by atoms with Gasteiger partial charge in [-0.15, -0.1) is 0 Å². The minimum Gasteiger partial charge on any atom is -0.545 e. The second-order valence-corrected chi connectivity index (χ2v) is 3.32. The molecule has 2 rings (SSSR count). The molecule has 0 saturated heterocycles. The maximum atomic E-state index is 10.2. The van der Waals surface area contributed by atoms with Crippen LogP contribution in [-0.4, -0.2) is 17.0 Å². The van der Waals surface area contributed by atoms with Gasteiger partial charge in [-0.3, -0.25) is 0 Å². The first kappa shape index (κ1) is 13.4. The number of carbonyl (C=O) groups excluding carboxylic acids is 1. The number of aromatic carboxylic acids is 2. The number of carboxylic acid groups (broad SMARTS) is 2. The monoisotopic (exact) mass is 243 g/mol. The molecule has 0 fully saturated rings. The van der Waals surface area contributed by atoms with Crippen LogP contribution >= 0.6 is 0 Å². The molecule has 4 nitrogen and oxygen atoms in total. The van der Waals surface area contributed by atoms with E-state index in [9.17, 15) is 14.7 Å². The predicted molar refractivity (Wildman–Crippen MR) is 64.2 cm³/mol. The van der Waals surface area contributed by atoms with Gasteiger partial charge in [-0.1, -0.05) is 48.5 Å². The second kappa shape index (κ2) is 6.85. The number of carboxylic acids is 2. The zero-order valence-corrected chi connectivity index (χ0v) is 9.45. The Hall–Kier alpha value is -2.62. The number of hydrogen-bond acceptors (Lipinski definition) is 3. The van der Waals surface area contributed by atoms with Crippen molar-refractivity contribution in [1.29, 1.82) is 0 Å². The van der Waals surface area contributed by atoms with Crippen molar-refractivity contribution in [2.75, 3.05) is 0 Å². The van der Waals surface area contributed by atoms with Crippen molar-refractivity contribution in [3.8, 4) is 0 Å². The van der Waals surface area contributed by atoms with Gasteiger partial charge in [0.05, 0.1) is 11.5 Å². The molecule has 0 unspecified atom stereocenters. The van der Waals surface area contributed by atoms with Crippen LogP contribution in [0.4, 0.5) is 0 Å². The standard InChI is InChI=1S/2C7H6O2/c2*8-7(9)6-4-2-1-3-5-6/h2*1-5H,(H,8,9)/p-1. The lowest BCUT2D eigenvalue weighted by Crippen LogP contribution is -2.21. The van der Waals surface area contributed by atoms with Crippen molar-refractivity contribution < 1.29 is 19.8 Å². The molecule has 0 spiro atoms. The van der Waals surface area contributed by atoms with Gasteiger partial charge in [-0.25, -0.2) is 4.79 Å². The van der Waals surface area contributed by atoms with Gasteiger partial charge in [0.25, 0.3) is 0 Å².